The van der Waals surface area contributed by atoms with Gasteiger partial charge in [0.05, 0.1) is 41.9 Å². The molecule has 3 N–H and O–H groups in total. The van der Waals surface area contributed by atoms with E-state index < -0.39 is 10.0 Å². The summed E-state index contributed by atoms with van der Waals surface area (Å²) >= 11 is 1.28. The van der Waals surface area contributed by atoms with Crippen molar-refractivity contribution >= 4 is 38.7 Å². The van der Waals surface area contributed by atoms with Crippen LogP contribution < -0.4 is 19.9 Å². The van der Waals surface area contributed by atoms with Crippen molar-refractivity contribution < 1.29 is 22.7 Å². The molecule has 32 heavy (non-hydrogen) atoms. The number of aryl methyl sites for hydroxylation is 1. The number of amides is 1. The van der Waals surface area contributed by atoms with Gasteiger partial charge in [0.1, 0.15) is 11.5 Å². The predicted octanol–water partition coefficient (Wildman–Crippen LogP) is 2.69. The molecule has 0 saturated heterocycles. The number of sulfonamides is 1. The quantitative estimate of drug-likeness (QED) is 0.453. The Balaban J connectivity index is 1.74. The topological polar surface area (TPSA) is 126 Å². The number of carbonyl (C=O) groups is 1. The molecule has 0 aliphatic heterocycles. The third kappa shape index (κ3) is 5.17. The highest BCUT2D eigenvalue weighted by Crippen LogP contribution is 2.30. The molecule has 0 aliphatic carbocycles. The first-order valence-corrected chi connectivity index (χ1v) is 12.4. The number of hydrogen-bond acceptors (Lipinski definition) is 7. The Kier molecular flexibility index (Phi) is 7.32. The minimum Gasteiger partial charge on any atom is -0.497 e. The molecule has 0 saturated carbocycles. The summed E-state index contributed by atoms with van der Waals surface area (Å²) in [5.74, 6) is 1.30. The van der Waals surface area contributed by atoms with Gasteiger partial charge in [-0.15, -0.1) is 0 Å². The van der Waals surface area contributed by atoms with E-state index in [1.807, 2.05) is 24.5 Å². The van der Waals surface area contributed by atoms with Gasteiger partial charge in [0, 0.05) is 12.1 Å². The number of nitrogens with one attached hydrogen (secondary N) is 1. The zero-order valence-corrected chi connectivity index (χ0v) is 19.9. The van der Waals surface area contributed by atoms with Crippen LogP contribution in [0.4, 0.5) is 0 Å². The Morgan fingerprint density at radius 1 is 1.22 bits per heavy atom. The number of hydrogen-bond donors (Lipinski definition) is 2. The van der Waals surface area contributed by atoms with Gasteiger partial charge in [-0.3, -0.25) is 4.79 Å². The van der Waals surface area contributed by atoms with Crippen molar-refractivity contribution in [1.29, 1.82) is 0 Å². The third-order valence-corrected chi connectivity index (χ3v) is 6.83. The third-order valence-electron chi connectivity index (χ3n) is 4.94. The monoisotopic (exact) mass is 478 g/mol. The van der Waals surface area contributed by atoms with Gasteiger partial charge in [0.15, 0.2) is 5.16 Å². The van der Waals surface area contributed by atoms with Crippen LogP contribution in [0.25, 0.3) is 11.0 Å². The van der Waals surface area contributed by atoms with E-state index in [2.05, 4.69) is 10.3 Å². The molecule has 1 atom stereocenters. The Hall–Kier alpha value is -2.76. The molecule has 1 heterocycles. The van der Waals surface area contributed by atoms with E-state index >= 15 is 0 Å². The van der Waals surface area contributed by atoms with E-state index in [9.17, 15) is 13.2 Å². The molecule has 3 aromatic rings. The minimum atomic E-state index is -3.82. The molecule has 172 valence electrons. The zero-order valence-electron chi connectivity index (χ0n) is 18.3. The number of benzene rings is 2. The van der Waals surface area contributed by atoms with Gasteiger partial charge >= 0.3 is 0 Å². The number of primary sulfonamides is 1. The maximum atomic E-state index is 12.6. The molecule has 0 unspecified atom stereocenters. The molecular formula is C21H26N4O5S2. The first kappa shape index (κ1) is 23.9. The number of imidazole rings is 1. The molecule has 0 radical (unpaired) electrons. The van der Waals surface area contributed by atoms with E-state index in [1.165, 1.54) is 23.9 Å². The maximum Gasteiger partial charge on any atom is 0.238 e. The number of nitrogens with two attached hydrogens (primary N) is 1. The van der Waals surface area contributed by atoms with Gasteiger partial charge in [0.2, 0.25) is 15.9 Å². The lowest BCUT2D eigenvalue weighted by Gasteiger charge is -2.18. The van der Waals surface area contributed by atoms with Crippen molar-refractivity contribution in [2.45, 2.75) is 36.5 Å². The van der Waals surface area contributed by atoms with Crippen LogP contribution in [0.1, 0.15) is 25.5 Å². The highest BCUT2D eigenvalue weighted by molar-refractivity contribution is 7.99. The molecule has 0 aliphatic rings. The maximum absolute atomic E-state index is 12.6. The van der Waals surface area contributed by atoms with E-state index in [0.717, 1.165) is 11.1 Å². The van der Waals surface area contributed by atoms with Crippen LogP contribution in [-0.2, 0) is 21.4 Å². The highest BCUT2D eigenvalue weighted by Gasteiger charge is 2.18. The molecule has 9 nitrogen and oxygen atoms in total. The summed E-state index contributed by atoms with van der Waals surface area (Å²) in [6.45, 7) is 4.44. The number of nitrogens with zero attached hydrogens (tertiary/aromatic N) is 2. The second-order valence-electron chi connectivity index (χ2n) is 7.02. The van der Waals surface area contributed by atoms with Crippen LogP contribution >= 0.6 is 11.8 Å². The van der Waals surface area contributed by atoms with Gasteiger partial charge in [-0.2, -0.15) is 0 Å². The van der Waals surface area contributed by atoms with Crippen molar-refractivity contribution in [1.82, 2.24) is 14.9 Å². The molecular weight excluding hydrogens is 452 g/mol. The van der Waals surface area contributed by atoms with E-state index in [4.69, 9.17) is 14.6 Å². The lowest BCUT2D eigenvalue weighted by Crippen LogP contribution is -2.28. The SMILES string of the molecule is CCn1c(SCC(=O)N[C@@H](C)c2cc(OC)ccc2OC)nc2cc(S(N)(=O)=O)ccc21. The summed E-state index contributed by atoms with van der Waals surface area (Å²) in [5.41, 5.74) is 2.09. The fraction of sp³-hybridized carbons (Fsp3) is 0.333. The average Bonchev–Trinajstić information content (AvgIpc) is 3.13. The molecule has 1 amide bonds. The first-order chi connectivity index (χ1) is 15.2. The lowest BCUT2D eigenvalue weighted by atomic mass is 10.1. The van der Waals surface area contributed by atoms with Crippen molar-refractivity contribution in [3.05, 3.63) is 42.0 Å². The number of fused-ring (bicyclic) bond motifs is 1. The summed E-state index contributed by atoms with van der Waals surface area (Å²) in [6, 6.07) is 9.70. The van der Waals surface area contributed by atoms with Crippen LogP contribution in [0.3, 0.4) is 0 Å². The van der Waals surface area contributed by atoms with Crippen molar-refractivity contribution in [2.75, 3.05) is 20.0 Å². The Morgan fingerprint density at radius 3 is 2.59 bits per heavy atom. The summed E-state index contributed by atoms with van der Waals surface area (Å²) in [7, 11) is -0.664. The van der Waals surface area contributed by atoms with Gasteiger partial charge in [-0.05, 0) is 50.2 Å². The van der Waals surface area contributed by atoms with Crippen molar-refractivity contribution in [3.63, 3.8) is 0 Å². The number of aromatic nitrogens is 2. The van der Waals surface area contributed by atoms with Crippen LogP contribution in [0.5, 0.6) is 11.5 Å². The summed E-state index contributed by atoms with van der Waals surface area (Å²) in [5, 5.41) is 8.81. The van der Waals surface area contributed by atoms with E-state index in [-0.39, 0.29) is 22.6 Å². The smallest absolute Gasteiger partial charge is 0.238 e. The minimum absolute atomic E-state index is 0.00103. The van der Waals surface area contributed by atoms with Crippen LogP contribution in [0.15, 0.2) is 46.5 Å². The van der Waals surface area contributed by atoms with E-state index in [0.29, 0.717) is 28.7 Å². The number of methoxy groups -OCH3 is 2. The lowest BCUT2D eigenvalue weighted by molar-refractivity contribution is -0.119. The summed E-state index contributed by atoms with van der Waals surface area (Å²) in [4.78, 5) is 17.1. The van der Waals surface area contributed by atoms with Crippen LogP contribution in [0.2, 0.25) is 0 Å². The van der Waals surface area contributed by atoms with Gasteiger partial charge < -0.3 is 19.4 Å². The molecule has 0 bridgehead atoms. The number of thioether (sulfide) groups is 1. The first-order valence-electron chi connectivity index (χ1n) is 9.85. The Bertz CT molecular complexity index is 1240. The second kappa shape index (κ2) is 9.80. The summed E-state index contributed by atoms with van der Waals surface area (Å²) in [6.07, 6.45) is 0. The Labute approximate surface area is 191 Å². The fourth-order valence-electron chi connectivity index (χ4n) is 3.35. The van der Waals surface area contributed by atoms with Crippen molar-refractivity contribution in [3.8, 4) is 11.5 Å². The van der Waals surface area contributed by atoms with Gasteiger partial charge in [-0.1, -0.05) is 11.8 Å². The standard InChI is InChI=1S/C21H26N4O5S2/c1-5-25-18-8-7-15(32(22,27)28)11-17(18)24-21(25)31-12-20(26)23-13(2)16-10-14(29-3)6-9-19(16)30-4/h6-11,13H,5,12H2,1-4H3,(H,23,26)(H2,22,27,28)/t13-/m0/s1. The molecule has 3 rings (SSSR count). The largest absolute Gasteiger partial charge is 0.497 e. The van der Waals surface area contributed by atoms with Crippen LogP contribution in [-0.4, -0.2) is 43.8 Å². The molecule has 11 heteroatoms. The number of rotatable bonds is 9. The fourth-order valence-corrected chi connectivity index (χ4v) is 4.77. The Morgan fingerprint density at radius 2 is 1.97 bits per heavy atom. The molecule has 0 spiro atoms. The zero-order chi connectivity index (χ0) is 23.5. The predicted molar refractivity (Wildman–Crippen MR) is 124 cm³/mol. The number of ether oxygens (including phenoxy) is 2. The van der Waals surface area contributed by atoms with Gasteiger partial charge in [0.25, 0.3) is 0 Å². The normalized spacial score (nSPS) is 12.5. The van der Waals surface area contributed by atoms with Gasteiger partial charge in [-0.25, -0.2) is 18.5 Å². The summed E-state index contributed by atoms with van der Waals surface area (Å²) < 4.78 is 35.8. The molecule has 2 aromatic carbocycles. The van der Waals surface area contributed by atoms with Crippen LogP contribution in [0, 0.1) is 0 Å². The highest BCUT2D eigenvalue weighted by atomic mass is 32.2. The number of carbonyl (C=O) groups excluding carboxylic acids is 1. The second-order valence-corrected chi connectivity index (χ2v) is 9.52. The molecule has 1 aromatic heterocycles. The average molecular weight is 479 g/mol. The van der Waals surface area contributed by atoms with E-state index in [1.54, 1.807) is 32.4 Å². The molecule has 0 fully saturated rings. The van der Waals surface area contributed by atoms with Crippen molar-refractivity contribution in [2.24, 2.45) is 5.14 Å².